The Morgan fingerprint density at radius 2 is 1.44 bits per heavy atom. The molecule has 3 atom stereocenters. The van der Waals surface area contributed by atoms with E-state index in [2.05, 4.69) is 102 Å². The van der Waals surface area contributed by atoms with Crippen LogP contribution in [-0.4, -0.2) is 45.9 Å². The molecule has 0 aromatic heterocycles. The van der Waals surface area contributed by atoms with Gasteiger partial charge in [0.25, 0.3) is 0 Å². The number of hydrogen-bond donors (Lipinski definition) is 0. The molecule has 1 aliphatic heterocycles. The van der Waals surface area contributed by atoms with Gasteiger partial charge in [0, 0.05) is 25.0 Å². The van der Waals surface area contributed by atoms with E-state index in [1.165, 1.54) is 16.7 Å². The molecular formula is C36H44N2O3. The summed E-state index contributed by atoms with van der Waals surface area (Å²) in [6.07, 6.45) is 6.65. The molecule has 1 heterocycles. The predicted molar refractivity (Wildman–Crippen MR) is 165 cm³/mol. The molecule has 1 amide bonds. The summed E-state index contributed by atoms with van der Waals surface area (Å²) >= 11 is 0. The van der Waals surface area contributed by atoms with Gasteiger partial charge in [0.2, 0.25) is 0 Å². The third kappa shape index (κ3) is 7.09. The Morgan fingerprint density at radius 3 is 1.98 bits per heavy atom. The minimum Gasteiger partial charge on any atom is -0.446 e. The van der Waals surface area contributed by atoms with Crippen LogP contribution in [0, 0.1) is 5.92 Å². The third-order valence-electron chi connectivity index (χ3n) is 8.52. The summed E-state index contributed by atoms with van der Waals surface area (Å²) in [4.78, 5) is 18.1. The van der Waals surface area contributed by atoms with Crippen molar-refractivity contribution >= 4 is 12.2 Å². The van der Waals surface area contributed by atoms with Crippen LogP contribution in [-0.2, 0) is 22.6 Å². The van der Waals surface area contributed by atoms with Crippen molar-refractivity contribution in [2.24, 2.45) is 5.92 Å². The van der Waals surface area contributed by atoms with Crippen LogP contribution in [0.4, 0.5) is 4.79 Å². The maximum Gasteiger partial charge on any atom is 0.412 e. The van der Waals surface area contributed by atoms with Gasteiger partial charge in [0.05, 0.1) is 12.1 Å². The highest BCUT2D eigenvalue weighted by Gasteiger charge is 2.51. The highest BCUT2D eigenvalue weighted by molar-refractivity contribution is 5.70. The van der Waals surface area contributed by atoms with Gasteiger partial charge in [-0.05, 0) is 63.6 Å². The Morgan fingerprint density at radius 1 is 0.878 bits per heavy atom. The van der Waals surface area contributed by atoms with Crippen LogP contribution in [0.1, 0.15) is 63.6 Å². The average molecular weight is 553 g/mol. The van der Waals surface area contributed by atoms with Gasteiger partial charge in [-0.2, -0.15) is 0 Å². The number of carbonyl (C=O) groups is 1. The van der Waals surface area contributed by atoms with Gasteiger partial charge in [-0.25, -0.2) is 4.79 Å². The quantitative estimate of drug-likeness (QED) is 0.270. The molecule has 0 radical (unpaired) electrons. The van der Waals surface area contributed by atoms with Gasteiger partial charge in [-0.15, -0.1) is 0 Å². The summed E-state index contributed by atoms with van der Waals surface area (Å²) in [5.41, 5.74) is 2.64. The molecule has 3 aromatic carbocycles. The molecule has 1 aliphatic carbocycles. The third-order valence-corrected chi connectivity index (χ3v) is 8.52. The van der Waals surface area contributed by atoms with Crippen molar-refractivity contribution in [1.82, 2.24) is 9.80 Å². The molecule has 1 saturated carbocycles. The number of rotatable bonds is 9. The highest BCUT2D eigenvalue weighted by atomic mass is 16.6. The fourth-order valence-electron chi connectivity index (χ4n) is 6.63. The number of amides is 1. The molecule has 2 fully saturated rings. The molecule has 1 saturated heterocycles. The zero-order valence-electron chi connectivity index (χ0n) is 24.9. The number of allylic oxidation sites excluding steroid dienone is 1. The molecular weight excluding hydrogens is 508 g/mol. The zero-order chi connectivity index (χ0) is 28.9. The number of carbonyl (C=O) groups excluding carboxylic acids is 1. The SMILES string of the molecule is CC1(C)COC(C)(C)N1C(=O)O[C@@H]1CC[C@H](N(Cc2ccccc2)Cc2ccccc2)[C@H]1C/C=C/c1ccccc1. The molecule has 3 aromatic rings. The fourth-order valence-corrected chi connectivity index (χ4v) is 6.63. The second-order valence-corrected chi connectivity index (χ2v) is 12.5. The van der Waals surface area contributed by atoms with Gasteiger partial charge < -0.3 is 9.47 Å². The molecule has 0 unspecified atom stereocenters. The van der Waals surface area contributed by atoms with Crippen LogP contribution in [0.2, 0.25) is 0 Å². The summed E-state index contributed by atoms with van der Waals surface area (Å²) in [5, 5.41) is 0. The lowest BCUT2D eigenvalue weighted by molar-refractivity contribution is -0.0626. The smallest absolute Gasteiger partial charge is 0.412 e. The van der Waals surface area contributed by atoms with E-state index < -0.39 is 11.3 Å². The first kappa shape index (κ1) is 29.1. The summed E-state index contributed by atoms with van der Waals surface area (Å²) in [6, 6.07) is 32.0. The Kier molecular flexibility index (Phi) is 8.96. The van der Waals surface area contributed by atoms with E-state index in [0.29, 0.717) is 6.61 Å². The van der Waals surface area contributed by atoms with Crippen LogP contribution < -0.4 is 0 Å². The zero-order valence-corrected chi connectivity index (χ0v) is 24.9. The van der Waals surface area contributed by atoms with Crippen molar-refractivity contribution in [2.75, 3.05) is 6.61 Å². The Hall–Kier alpha value is -3.41. The average Bonchev–Trinajstić information content (AvgIpc) is 3.45. The molecule has 0 bridgehead atoms. The van der Waals surface area contributed by atoms with Gasteiger partial charge in [0.1, 0.15) is 11.8 Å². The maximum atomic E-state index is 13.7. The van der Waals surface area contributed by atoms with Crippen LogP contribution in [0.5, 0.6) is 0 Å². The second-order valence-electron chi connectivity index (χ2n) is 12.5. The first-order chi connectivity index (χ1) is 19.7. The van der Waals surface area contributed by atoms with E-state index in [1.54, 1.807) is 4.90 Å². The van der Waals surface area contributed by atoms with Crippen molar-refractivity contribution in [3.8, 4) is 0 Å². The molecule has 0 N–H and O–H groups in total. The van der Waals surface area contributed by atoms with Crippen LogP contribution in [0.3, 0.4) is 0 Å². The van der Waals surface area contributed by atoms with Crippen molar-refractivity contribution < 1.29 is 14.3 Å². The minimum atomic E-state index is -0.700. The highest BCUT2D eigenvalue weighted by Crippen LogP contribution is 2.40. The van der Waals surface area contributed by atoms with Crippen molar-refractivity contribution in [3.05, 3.63) is 114 Å². The molecule has 5 heteroatoms. The summed E-state index contributed by atoms with van der Waals surface area (Å²) in [5.74, 6) is 0.168. The topological polar surface area (TPSA) is 42.0 Å². The van der Waals surface area contributed by atoms with Crippen molar-refractivity contribution in [1.29, 1.82) is 0 Å². The summed E-state index contributed by atoms with van der Waals surface area (Å²) < 4.78 is 12.4. The lowest BCUT2D eigenvalue weighted by atomic mass is 9.94. The van der Waals surface area contributed by atoms with E-state index >= 15 is 0 Å². The van der Waals surface area contributed by atoms with E-state index in [1.807, 2.05) is 33.8 Å². The Labute approximate surface area is 245 Å². The van der Waals surface area contributed by atoms with E-state index in [-0.39, 0.29) is 24.2 Å². The standard InChI is InChI=1S/C36H44N2O3/c1-35(2)27-40-36(3,4)38(35)34(39)41-33-24-23-32(31(33)22-14-21-28-15-8-5-9-16-28)37(25-29-17-10-6-11-18-29)26-30-19-12-7-13-20-30/h5-21,31-33H,22-27H2,1-4H3/b21-14+/t31-,32+,33-/m1/s1. The van der Waals surface area contributed by atoms with Gasteiger partial charge in [0.15, 0.2) is 0 Å². The van der Waals surface area contributed by atoms with Gasteiger partial charge >= 0.3 is 6.09 Å². The van der Waals surface area contributed by atoms with E-state index in [4.69, 9.17) is 9.47 Å². The largest absolute Gasteiger partial charge is 0.446 e. The van der Waals surface area contributed by atoms with Crippen molar-refractivity contribution in [3.63, 3.8) is 0 Å². The van der Waals surface area contributed by atoms with Crippen LogP contribution in [0.15, 0.2) is 97.1 Å². The van der Waals surface area contributed by atoms with Gasteiger partial charge in [-0.1, -0.05) is 103 Å². The molecule has 5 nitrogen and oxygen atoms in total. The lowest BCUT2D eigenvalue weighted by Gasteiger charge is -2.39. The normalized spacial score (nSPS) is 23.3. The summed E-state index contributed by atoms with van der Waals surface area (Å²) in [7, 11) is 0. The Bertz CT molecular complexity index is 1230. The Balaban J connectivity index is 1.41. The number of benzene rings is 3. The molecule has 2 aliphatic rings. The maximum absolute atomic E-state index is 13.7. The van der Waals surface area contributed by atoms with E-state index in [9.17, 15) is 4.79 Å². The number of ether oxygens (including phenoxy) is 2. The second kappa shape index (κ2) is 12.6. The number of nitrogens with zero attached hydrogens (tertiary/aromatic N) is 2. The molecule has 5 rings (SSSR count). The van der Waals surface area contributed by atoms with Crippen LogP contribution in [0.25, 0.3) is 6.08 Å². The first-order valence-corrected chi connectivity index (χ1v) is 14.9. The van der Waals surface area contributed by atoms with Gasteiger partial charge in [-0.3, -0.25) is 9.80 Å². The van der Waals surface area contributed by atoms with Crippen LogP contribution >= 0.6 is 0 Å². The molecule has 41 heavy (non-hydrogen) atoms. The number of hydrogen-bond acceptors (Lipinski definition) is 4. The first-order valence-electron chi connectivity index (χ1n) is 14.9. The lowest BCUT2D eigenvalue weighted by Crippen LogP contribution is -2.54. The monoisotopic (exact) mass is 552 g/mol. The fraction of sp³-hybridized carbons (Fsp3) is 0.417. The molecule has 0 spiro atoms. The summed E-state index contributed by atoms with van der Waals surface area (Å²) in [6.45, 7) is 10.2. The predicted octanol–water partition coefficient (Wildman–Crippen LogP) is 7.92. The van der Waals surface area contributed by atoms with E-state index in [0.717, 1.165) is 32.4 Å². The minimum absolute atomic E-state index is 0.168. The van der Waals surface area contributed by atoms with Crippen molar-refractivity contribution in [2.45, 2.75) is 83.5 Å². The molecule has 216 valence electrons.